The van der Waals surface area contributed by atoms with Crippen LogP contribution in [-0.2, 0) is 11.4 Å². The van der Waals surface area contributed by atoms with Crippen molar-refractivity contribution in [1.29, 1.82) is 0 Å². The first kappa shape index (κ1) is 12.6. The summed E-state index contributed by atoms with van der Waals surface area (Å²) in [6, 6.07) is 2.67. The van der Waals surface area contributed by atoms with Crippen LogP contribution in [0.4, 0.5) is 4.39 Å². The van der Waals surface area contributed by atoms with Gasteiger partial charge in [0.25, 0.3) is 0 Å². The van der Waals surface area contributed by atoms with Gasteiger partial charge in [-0.3, -0.25) is 0 Å². The zero-order valence-electron chi connectivity index (χ0n) is 9.63. The third kappa shape index (κ3) is 3.56. The van der Waals surface area contributed by atoms with Crippen LogP contribution < -0.4 is 10.2 Å². The van der Waals surface area contributed by atoms with E-state index in [1.807, 2.05) is 0 Å². The molecule has 0 aliphatic heterocycles. The Labute approximate surface area is 105 Å². The predicted octanol–water partition coefficient (Wildman–Crippen LogP) is 2.92. The molecular formula is C12H15ClFNO2. The fourth-order valence-electron chi connectivity index (χ4n) is 1.54. The number of nitrogens with one attached hydrogen (secondary N) is 1. The fraction of sp³-hybridized carbons (Fsp3) is 0.500. The molecule has 3 nitrogen and oxygen atoms in total. The Balaban J connectivity index is 2.12. The van der Waals surface area contributed by atoms with E-state index in [0.29, 0.717) is 35.4 Å². The second-order valence-electron chi connectivity index (χ2n) is 4.16. The van der Waals surface area contributed by atoms with Gasteiger partial charge >= 0.3 is 0 Å². The maximum atomic E-state index is 13.2. The molecule has 0 aromatic heterocycles. The van der Waals surface area contributed by atoms with Crippen molar-refractivity contribution in [3.63, 3.8) is 0 Å². The van der Waals surface area contributed by atoms with Gasteiger partial charge in [-0.05, 0) is 30.9 Å². The highest BCUT2D eigenvalue weighted by atomic mass is 35.5. The van der Waals surface area contributed by atoms with E-state index in [1.165, 1.54) is 32.1 Å². The van der Waals surface area contributed by atoms with Gasteiger partial charge in [-0.25, -0.2) is 4.39 Å². The monoisotopic (exact) mass is 259 g/mol. The van der Waals surface area contributed by atoms with Crippen molar-refractivity contribution in [2.45, 2.75) is 19.4 Å². The van der Waals surface area contributed by atoms with Crippen molar-refractivity contribution in [2.24, 2.45) is 5.92 Å². The molecule has 2 rings (SSSR count). The topological polar surface area (TPSA) is 30.5 Å². The molecule has 0 spiro atoms. The summed E-state index contributed by atoms with van der Waals surface area (Å²) in [6.45, 7) is 0.999. The van der Waals surface area contributed by atoms with Crippen molar-refractivity contribution in [3.8, 4) is 5.75 Å². The SMILES string of the molecule is CONCc1cc(F)cc(Cl)c1OCC1CC1. The fourth-order valence-corrected chi connectivity index (χ4v) is 1.82. The number of rotatable bonds is 6. The zero-order valence-corrected chi connectivity index (χ0v) is 10.4. The van der Waals surface area contributed by atoms with Crippen LogP contribution in [0.5, 0.6) is 5.75 Å². The van der Waals surface area contributed by atoms with Gasteiger partial charge in [-0.1, -0.05) is 11.6 Å². The summed E-state index contributed by atoms with van der Waals surface area (Å²) in [5, 5.41) is 0.304. The lowest BCUT2D eigenvalue weighted by Gasteiger charge is -2.13. The smallest absolute Gasteiger partial charge is 0.142 e. The van der Waals surface area contributed by atoms with Crippen LogP contribution in [0.15, 0.2) is 12.1 Å². The lowest BCUT2D eigenvalue weighted by atomic mass is 10.2. The molecule has 1 N–H and O–H groups in total. The maximum Gasteiger partial charge on any atom is 0.142 e. The Bertz CT molecular complexity index is 396. The molecular weight excluding hydrogens is 245 g/mol. The first-order valence-corrected chi connectivity index (χ1v) is 5.95. The molecule has 1 saturated carbocycles. The average molecular weight is 260 g/mol. The minimum atomic E-state index is -0.373. The molecule has 0 saturated heterocycles. The van der Waals surface area contributed by atoms with E-state index in [1.54, 1.807) is 0 Å². The van der Waals surface area contributed by atoms with Crippen molar-refractivity contribution in [2.75, 3.05) is 13.7 Å². The van der Waals surface area contributed by atoms with Crippen molar-refractivity contribution in [1.82, 2.24) is 5.48 Å². The molecule has 0 atom stereocenters. The van der Waals surface area contributed by atoms with E-state index >= 15 is 0 Å². The zero-order chi connectivity index (χ0) is 12.3. The molecule has 5 heteroatoms. The quantitative estimate of drug-likeness (QED) is 0.797. The molecule has 1 fully saturated rings. The molecule has 1 aliphatic carbocycles. The lowest BCUT2D eigenvalue weighted by Crippen LogP contribution is -2.13. The number of hydrogen-bond donors (Lipinski definition) is 1. The Hall–Kier alpha value is -0.840. The number of hydroxylamine groups is 1. The Morgan fingerprint density at radius 3 is 2.88 bits per heavy atom. The molecule has 1 aromatic rings. The summed E-state index contributed by atoms with van der Waals surface area (Å²) in [5.41, 5.74) is 3.32. The summed E-state index contributed by atoms with van der Waals surface area (Å²) < 4.78 is 18.9. The van der Waals surface area contributed by atoms with Gasteiger partial charge in [0.1, 0.15) is 11.6 Å². The number of ether oxygens (including phenoxy) is 1. The standard InChI is InChI=1S/C12H15ClFNO2/c1-16-15-6-9-4-10(14)5-11(13)12(9)17-7-8-2-3-8/h4-5,8,15H,2-3,6-7H2,1H3. The van der Waals surface area contributed by atoms with E-state index < -0.39 is 0 Å². The van der Waals surface area contributed by atoms with Crippen molar-refractivity contribution < 1.29 is 14.0 Å². The summed E-state index contributed by atoms with van der Waals surface area (Å²) in [7, 11) is 1.51. The molecule has 0 unspecified atom stereocenters. The molecule has 0 amide bonds. The van der Waals surface area contributed by atoms with Gasteiger partial charge in [0, 0.05) is 12.1 Å². The molecule has 94 valence electrons. The largest absolute Gasteiger partial charge is 0.491 e. The molecule has 1 aromatic carbocycles. The maximum absolute atomic E-state index is 13.2. The summed E-state index contributed by atoms with van der Waals surface area (Å²) in [6.07, 6.45) is 2.40. The minimum Gasteiger partial charge on any atom is -0.491 e. The summed E-state index contributed by atoms with van der Waals surface area (Å²) >= 11 is 5.98. The number of halogens is 2. The van der Waals surface area contributed by atoms with E-state index in [-0.39, 0.29) is 5.82 Å². The van der Waals surface area contributed by atoms with Gasteiger partial charge in [-0.15, -0.1) is 0 Å². The van der Waals surface area contributed by atoms with E-state index in [0.717, 1.165) is 0 Å². The predicted molar refractivity (Wildman–Crippen MR) is 63.5 cm³/mol. The van der Waals surface area contributed by atoms with Crippen LogP contribution in [0.3, 0.4) is 0 Å². The molecule has 0 heterocycles. The van der Waals surface area contributed by atoms with E-state index in [2.05, 4.69) is 5.48 Å². The normalized spacial score (nSPS) is 15.0. The van der Waals surface area contributed by atoms with E-state index in [4.69, 9.17) is 21.2 Å². The van der Waals surface area contributed by atoms with Crippen LogP contribution in [0.2, 0.25) is 5.02 Å². The van der Waals surface area contributed by atoms with Gasteiger partial charge in [0.2, 0.25) is 0 Å². The molecule has 1 aliphatic rings. The van der Waals surface area contributed by atoms with Crippen molar-refractivity contribution in [3.05, 3.63) is 28.5 Å². The Kier molecular flexibility index (Phi) is 4.20. The van der Waals surface area contributed by atoms with E-state index in [9.17, 15) is 4.39 Å². The highest BCUT2D eigenvalue weighted by Crippen LogP contribution is 2.34. The number of hydrogen-bond acceptors (Lipinski definition) is 3. The first-order chi connectivity index (χ1) is 8.20. The molecule has 0 radical (unpaired) electrons. The van der Waals surface area contributed by atoms with Gasteiger partial charge in [0.15, 0.2) is 0 Å². The highest BCUT2D eigenvalue weighted by molar-refractivity contribution is 6.32. The van der Waals surface area contributed by atoms with Gasteiger partial charge in [0.05, 0.1) is 18.7 Å². The van der Waals surface area contributed by atoms with Crippen LogP contribution in [0, 0.1) is 11.7 Å². The minimum absolute atomic E-state index is 0.304. The van der Waals surface area contributed by atoms with Crippen LogP contribution in [-0.4, -0.2) is 13.7 Å². The number of benzene rings is 1. The van der Waals surface area contributed by atoms with Crippen molar-refractivity contribution >= 4 is 11.6 Å². The second kappa shape index (κ2) is 5.67. The average Bonchev–Trinajstić information content (AvgIpc) is 3.08. The van der Waals surface area contributed by atoms with Crippen LogP contribution >= 0.6 is 11.6 Å². The van der Waals surface area contributed by atoms with Crippen LogP contribution in [0.1, 0.15) is 18.4 Å². The third-order valence-corrected chi connectivity index (χ3v) is 2.93. The summed E-state index contributed by atoms with van der Waals surface area (Å²) in [4.78, 5) is 4.75. The van der Waals surface area contributed by atoms with Gasteiger partial charge in [-0.2, -0.15) is 5.48 Å². The second-order valence-corrected chi connectivity index (χ2v) is 4.56. The van der Waals surface area contributed by atoms with Crippen LogP contribution in [0.25, 0.3) is 0 Å². The Morgan fingerprint density at radius 2 is 2.24 bits per heavy atom. The lowest BCUT2D eigenvalue weighted by molar-refractivity contribution is 0.0858. The molecule has 0 bridgehead atoms. The Morgan fingerprint density at radius 1 is 1.47 bits per heavy atom. The molecule has 17 heavy (non-hydrogen) atoms. The highest BCUT2D eigenvalue weighted by Gasteiger charge is 2.23. The third-order valence-electron chi connectivity index (χ3n) is 2.65. The first-order valence-electron chi connectivity index (χ1n) is 5.57. The summed E-state index contributed by atoms with van der Waals surface area (Å²) in [5.74, 6) is 0.797. The van der Waals surface area contributed by atoms with Gasteiger partial charge < -0.3 is 9.57 Å².